The van der Waals surface area contributed by atoms with E-state index >= 15 is 0 Å². The quantitative estimate of drug-likeness (QED) is 0.528. The molecule has 150 valence electrons. The molecule has 0 saturated heterocycles. The number of rotatable bonds is 6. The number of hydrogen-bond donors (Lipinski definition) is 1. The Morgan fingerprint density at radius 1 is 1.07 bits per heavy atom. The van der Waals surface area contributed by atoms with Crippen LogP contribution in [-0.4, -0.2) is 52.8 Å². The molecule has 30 heavy (non-hydrogen) atoms. The fraction of sp³-hybridized carbons (Fsp3) is 0.208. The number of likely N-dealkylation sites (N-methyl/N-ethyl adjacent to an activating group) is 1. The molecule has 0 amide bonds. The molecule has 6 heteroatoms. The van der Waals surface area contributed by atoms with Crippen LogP contribution in [0.1, 0.15) is 11.3 Å². The second-order valence-corrected chi connectivity index (χ2v) is 7.71. The van der Waals surface area contributed by atoms with Crippen molar-refractivity contribution in [1.82, 2.24) is 19.9 Å². The van der Waals surface area contributed by atoms with Crippen molar-refractivity contribution >= 4 is 22.4 Å². The van der Waals surface area contributed by atoms with E-state index in [4.69, 9.17) is 14.7 Å². The summed E-state index contributed by atoms with van der Waals surface area (Å²) in [6.07, 6.45) is 2.59. The van der Waals surface area contributed by atoms with E-state index in [2.05, 4.69) is 33.1 Å². The number of nitrogens with one attached hydrogen (secondary N) is 1. The van der Waals surface area contributed by atoms with Crippen molar-refractivity contribution in [3.05, 3.63) is 72.1 Å². The minimum atomic E-state index is 0.656. The number of ether oxygens (including phenoxy) is 1. The molecule has 6 nitrogen and oxygen atoms in total. The van der Waals surface area contributed by atoms with Gasteiger partial charge in [-0.05, 0) is 62.1 Å². The third kappa shape index (κ3) is 3.69. The summed E-state index contributed by atoms with van der Waals surface area (Å²) in [5.41, 5.74) is 7.09. The van der Waals surface area contributed by atoms with Crippen molar-refractivity contribution in [1.29, 1.82) is 0 Å². The molecular formula is C24H23N5O. The maximum Gasteiger partial charge on any atom is 0.138 e. The van der Waals surface area contributed by atoms with Crippen molar-refractivity contribution in [3.63, 3.8) is 0 Å². The number of nitrogens with zero attached hydrogens (tertiary/aromatic N) is 4. The van der Waals surface area contributed by atoms with Crippen LogP contribution in [0.15, 0.2) is 65.8 Å². The Labute approximate surface area is 175 Å². The summed E-state index contributed by atoms with van der Waals surface area (Å²) in [5.74, 6) is 1.70. The molecule has 5 rings (SSSR count). The van der Waals surface area contributed by atoms with Crippen molar-refractivity contribution < 1.29 is 4.74 Å². The summed E-state index contributed by atoms with van der Waals surface area (Å²) in [6.45, 7) is 1.53. The standard InChI is InChI=1S/C24H23N5O/c1-29(2)11-12-30-18-7-9-21-23(15-18)28-24(27-21)16-6-8-19-17(13-16)14-22(26-19)20-5-3-4-10-25-20/h3-10,13,15H,11-12,14H2,1-2H3,(H,27,28). The molecular weight excluding hydrogens is 374 g/mol. The molecule has 3 heterocycles. The highest BCUT2D eigenvalue weighted by atomic mass is 16.5. The predicted molar refractivity (Wildman–Crippen MR) is 120 cm³/mol. The molecule has 0 unspecified atom stereocenters. The molecule has 0 saturated carbocycles. The van der Waals surface area contributed by atoms with E-state index < -0.39 is 0 Å². The first-order valence-corrected chi connectivity index (χ1v) is 10.1. The number of fused-ring (bicyclic) bond motifs is 2. The van der Waals surface area contributed by atoms with Crippen LogP contribution in [0, 0.1) is 0 Å². The number of hydrogen-bond acceptors (Lipinski definition) is 5. The van der Waals surface area contributed by atoms with E-state index in [-0.39, 0.29) is 0 Å². The van der Waals surface area contributed by atoms with E-state index in [0.29, 0.717) is 6.61 Å². The van der Waals surface area contributed by atoms with Crippen molar-refractivity contribution in [2.45, 2.75) is 6.42 Å². The summed E-state index contributed by atoms with van der Waals surface area (Å²) < 4.78 is 5.84. The molecule has 1 aliphatic heterocycles. The van der Waals surface area contributed by atoms with Gasteiger partial charge >= 0.3 is 0 Å². The van der Waals surface area contributed by atoms with Gasteiger partial charge < -0.3 is 14.6 Å². The van der Waals surface area contributed by atoms with Crippen LogP contribution in [0.4, 0.5) is 5.69 Å². The number of aromatic nitrogens is 3. The van der Waals surface area contributed by atoms with Gasteiger partial charge in [0.2, 0.25) is 0 Å². The molecule has 1 N–H and O–H groups in total. The third-order valence-electron chi connectivity index (χ3n) is 5.19. The second-order valence-electron chi connectivity index (χ2n) is 7.71. The molecule has 0 aliphatic carbocycles. The first-order chi connectivity index (χ1) is 14.7. The van der Waals surface area contributed by atoms with E-state index in [1.54, 1.807) is 6.20 Å². The Kier molecular flexibility index (Phi) is 4.77. The first kappa shape index (κ1) is 18.5. The van der Waals surface area contributed by atoms with Crippen molar-refractivity contribution in [2.24, 2.45) is 4.99 Å². The van der Waals surface area contributed by atoms with Gasteiger partial charge in [0.25, 0.3) is 0 Å². The smallest absolute Gasteiger partial charge is 0.138 e. The van der Waals surface area contributed by atoms with Crippen LogP contribution in [0.2, 0.25) is 0 Å². The lowest BCUT2D eigenvalue weighted by molar-refractivity contribution is 0.261. The molecule has 0 bridgehead atoms. The first-order valence-electron chi connectivity index (χ1n) is 10.1. The minimum Gasteiger partial charge on any atom is -0.492 e. The summed E-state index contributed by atoms with van der Waals surface area (Å²) in [5, 5.41) is 0. The molecule has 0 fully saturated rings. The highest BCUT2D eigenvalue weighted by molar-refractivity contribution is 6.05. The third-order valence-corrected chi connectivity index (χ3v) is 5.19. The fourth-order valence-electron chi connectivity index (χ4n) is 3.59. The molecule has 2 aromatic carbocycles. The van der Waals surface area contributed by atoms with Gasteiger partial charge in [0.05, 0.1) is 28.1 Å². The topological polar surface area (TPSA) is 66.4 Å². The van der Waals surface area contributed by atoms with Crippen LogP contribution in [0.25, 0.3) is 22.4 Å². The number of benzene rings is 2. The monoisotopic (exact) mass is 397 g/mol. The highest BCUT2D eigenvalue weighted by Crippen LogP contribution is 2.32. The summed E-state index contributed by atoms with van der Waals surface area (Å²) in [7, 11) is 4.07. The maximum absolute atomic E-state index is 5.84. The SMILES string of the molecule is CN(C)CCOc1ccc2nc(-c3ccc4c(c3)CC(c3ccccn3)=N4)[nH]c2c1. The summed E-state index contributed by atoms with van der Waals surface area (Å²) >= 11 is 0. The number of pyridine rings is 1. The van der Waals surface area contributed by atoms with E-state index in [1.807, 2.05) is 50.5 Å². The second kappa shape index (κ2) is 7.72. The van der Waals surface area contributed by atoms with Gasteiger partial charge in [-0.2, -0.15) is 0 Å². The number of imidazole rings is 1. The van der Waals surface area contributed by atoms with Gasteiger partial charge in [0.1, 0.15) is 18.2 Å². The zero-order chi connectivity index (χ0) is 20.5. The molecule has 1 aliphatic rings. The minimum absolute atomic E-state index is 0.656. The Morgan fingerprint density at radius 3 is 2.83 bits per heavy atom. The molecule has 0 spiro atoms. The summed E-state index contributed by atoms with van der Waals surface area (Å²) in [6, 6.07) is 18.2. The van der Waals surface area contributed by atoms with Crippen molar-refractivity contribution in [3.8, 4) is 17.1 Å². The average molecular weight is 397 g/mol. The molecule has 0 atom stereocenters. The highest BCUT2D eigenvalue weighted by Gasteiger charge is 2.18. The van der Waals surface area contributed by atoms with Crippen molar-refractivity contribution in [2.75, 3.05) is 27.2 Å². The van der Waals surface area contributed by atoms with Crippen LogP contribution in [0.5, 0.6) is 5.75 Å². The number of aromatic amines is 1. The Bertz CT molecular complexity index is 1230. The molecule has 0 radical (unpaired) electrons. The summed E-state index contributed by atoms with van der Waals surface area (Å²) in [4.78, 5) is 19.5. The Hall–Kier alpha value is -3.51. The largest absolute Gasteiger partial charge is 0.492 e. The zero-order valence-corrected chi connectivity index (χ0v) is 17.1. The lowest BCUT2D eigenvalue weighted by Crippen LogP contribution is -2.19. The molecule has 4 aromatic rings. The maximum atomic E-state index is 5.84. The van der Waals surface area contributed by atoms with Gasteiger partial charge in [-0.3, -0.25) is 9.98 Å². The van der Waals surface area contributed by atoms with Gasteiger partial charge in [0, 0.05) is 30.8 Å². The lowest BCUT2D eigenvalue weighted by Gasteiger charge is -2.10. The van der Waals surface area contributed by atoms with Gasteiger partial charge in [-0.1, -0.05) is 6.07 Å². The average Bonchev–Trinajstić information content (AvgIpc) is 3.37. The van der Waals surface area contributed by atoms with E-state index in [0.717, 1.165) is 58.2 Å². The van der Waals surface area contributed by atoms with Crippen LogP contribution in [-0.2, 0) is 6.42 Å². The van der Waals surface area contributed by atoms with E-state index in [9.17, 15) is 0 Å². The molecule has 2 aromatic heterocycles. The number of aliphatic imine (C=N–C) groups is 1. The van der Waals surface area contributed by atoms with E-state index in [1.165, 1.54) is 5.56 Å². The van der Waals surface area contributed by atoms with Gasteiger partial charge in [0.15, 0.2) is 0 Å². The Balaban J connectivity index is 1.37. The van der Waals surface area contributed by atoms with Gasteiger partial charge in [-0.15, -0.1) is 0 Å². The Morgan fingerprint density at radius 2 is 2.00 bits per heavy atom. The van der Waals surface area contributed by atoms with Crippen LogP contribution >= 0.6 is 0 Å². The van der Waals surface area contributed by atoms with Crippen LogP contribution in [0.3, 0.4) is 0 Å². The zero-order valence-electron chi connectivity index (χ0n) is 17.1. The lowest BCUT2D eigenvalue weighted by atomic mass is 10.0. The van der Waals surface area contributed by atoms with Crippen LogP contribution < -0.4 is 4.74 Å². The fourth-order valence-corrected chi connectivity index (χ4v) is 3.59. The number of H-pyrrole nitrogens is 1. The van der Waals surface area contributed by atoms with Gasteiger partial charge in [-0.25, -0.2) is 4.98 Å². The normalized spacial score (nSPS) is 13.0. The predicted octanol–water partition coefficient (Wildman–Crippen LogP) is 4.24.